The fraction of sp³-hybridized carbons (Fsp3) is 1.00. The van der Waals surface area contributed by atoms with Gasteiger partial charge in [-0.3, -0.25) is 0 Å². The van der Waals surface area contributed by atoms with Crippen molar-refractivity contribution in [3.63, 3.8) is 0 Å². The molecule has 0 aromatic rings. The Morgan fingerprint density at radius 1 is 1.14 bits per heavy atom. The van der Waals surface area contributed by atoms with Gasteiger partial charge in [-0.05, 0) is 24.3 Å². The third kappa shape index (κ3) is 1.82. The lowest BCUT2D eigenvalue weighted by Crippen LogP contribution is -2.38. The Hall–Kier alpha value is 0.270. The molecule has 0 bridgehead atoms. The molecule has 0 aliphatic carbocycles. The van der Waals surface area contributed by atoms with Gasteiger partial charge in [-0.25, -0.2) is 0 Å². The molecule has 2 aliphatic rings. The monoisotopic (exact) mass is 216 g/mol. The average Bonchev–Trinajstić information content (AvgIpc) is 2.60. The zero-order valence-electron chi connectivity index (χ0n) is 9.17. The number of hydrogen-bond donors (Lipinski definition) is 0. The highest BCUT2D eigenvalue weighted by Crippen LogP contribution is 2.43. The van der Waals surface area contributed by atoms with Crippen LogP contribution in [0, 0.1) is 0 Å². The number of rotatable bonds is 2. The minimum atomic E-state index is -0.211. The van der Waals surface area contributed by atoms with Crippen molar-refractivity contribution in [2.75, 3.05) is 18.1 Å². The standard InChI is InChI=1S/C11H20O2S/c1-3-10(4-2)9-12-11(13-10)5-7-14-8-6-11/h3-9H2,1-2H3. The van der Waals surface area contributed by atoms with Crippen LogP contribution in [0.4, 0.5) is 0 Å². The maximum absolute atomic E-state index is 6.24. The van der Waals surface area contributed by atoms with Crippen LogP contribution in [0.2, 0.25) is 0 Å². The summed E-state index contributed by atoms with van der Waals surface area (Å²) in [6.45, 7) is 5.19. The zero-order chi connectivity index (χ0) is 10.1. The van der Waals surface area contributed by atoms with Crippen LogP contribution >= 0.6 is 11.8 Å². The predicted molar refractivity (Wildman–Crippen MR) is 59.6 cm³/mol. The summed E-state index contributed by atoms with van der Waals surface area (Å²) >= 11 is 2.01. The second-order valence-electron chi connectivity index (χ2n) is 4.30. The second kappa shape index (κ2) is 4.03. The van der Waals surface area contributed by atoms with E-state index < -0.39 is 0 Å². The van der Waals surface area contributed by atoms with Crippen molar-refractivity contribution in [1.29, 1.82) is 0 Å². The first-order valence-electron chi connectivity index (χ1n) is 5.66. The van der Waals surface area contributed by atoms with Gasteiger partial charge in [0.2, 0.25) is 0 Å². The molecule has 14 heavy (non-hydrogen) atoms. The van der Waals surface area contributed by atoms with Crippen molar-refractivity contribution in [2.45, 2.75) is 50.9 Å². The molecule has 2 fully saturated rings. The molecule has 0 aromatic heterocycles. The van der Waals surface area contributed by atoms with Crippen LogP contribution in [0.5, 0.6) is 0 Å². The van der Waals surface area contributed by atoms with Gasteiger partial charge in [0, 0.05) is 12.8 Å². The van der Waals surface area contributed by atoms with Crippen LogP contribution in [0.1, 0.15) is 39.5 Å². The summed E-state index contributed by atoms with van der Waals surface area (Å²) in [6.07, 6.45) is 4.27. The van der Waals surface area contributed by atoms with Crippen LogP contribution in [0.25, 0.3) is 0 Å². The summed E-state index contributed by atoms with van der Waals surface area (Å²) < 4.78 is 12.2. The quantitative estimate of drug-likeness (QED) is 0.707. The van der Waals surface area contributed by atoms with Gasteiger partial charge in [0.15, 0.2) is 5.79 Å². The Morgan fingerprint density at radius 3 is 2.29 bits per heavy atom. The average molecular weight is 216 g/mol. The van der Waals surface area contributed by atoms with E-state index in [0.717, 1.165) is 32.3 Å². The molecule has 2 heterocycles. The maximum atomic E-state index is 6.24. The summed E-state index contributed by atoms with van der Waals surface area (Å²) in [5, 5.41) is 0. The fourth-order valence-electron chi connectivity index (χ4n) is 2.24. The molecule has 0 amide bonds. The Morgan fingerprint density at radius 2 is 1.79 bits per heavy atom. The van der Waals surface area contributed by atoms with Gasteiger partial charge in [-0.1, -0.05) is 13.8 Å². The van der Waals surface area contributed by atoms with E-state index in [0.29, 0.717) is 0 Å². The summed E-state index contributed by atoms with van der Waals surface area (Å²) in [6, 6.07) is 0. The van der Waals surface area contributed by atoms with Gasteiger partial charge in [-0.2, -0.15) is 11.8 Å². The largest absolute Gasteiger partial charge is 0.347 e. The highest BCUT2D eigenvalue weighted by atomic mass is 32.2. The topological polar surface area (TPSA) is 18.5 Å². The van der Waals surface area contributed by atoms with E-state index in [1.54, 1.807) is 0 Å². The van der Waals surface area contributed by atoms with Crippen molar-refractivity contribution in [2.24, 2.45) is 0 Å². The van der Waals surface area contributed by atoms with Crippen molar-refractivity contribution < 1.29 is 9.47 Å². The minimum Gasteiger partial charge on any atom is -0.347 e. The van der Waals surface area contributed by atoms with Crippen molar-refractivity contribution >= 4 is 11.8 Å². The molecule has 0 N–H and O–H groups in total. The molecular formula is C11H20O2S. The van der Waals surface area contributed by atoms with Crippen molar-refractivity contribution in [3.05, 3.63) is 0 Å². The molecule has 0 aromatic carbocycles. The molecule has 2 rings (SSSR count). The number of ether oxygens (including phenoxy) is 2. The SMILES string of the molecule is CCC1(CC)COC2(CCSCC2)O1. The lowest BCUT2D eigenvalue weighted by molar-refractivity contribution is -0.192. The highest BCUT2D eigenvalue weighted by Gasteiger charge is 2.48. The summed E-state index contributed by atoms with van der Waals surface area (Å²) in [5.74, 6) is 2.16. The molecule has 3 heteroatoms. The van der Waals surface area contributed by atoms with E-state index in [2.05, 4.69) is 13.8 Å². The van der Waals surface area contributed by atoms with Gasteiger partial charge < -0.3 is 9.47 Å². The van der Waals surface area contributed by atoms with Gasteiger partial charge in [0.05, 0.1) is 12.2 Å². The fourth-order valence-corrected chi connectivity index (χ4v) is 3.36. The van der Waals surface area contributed by atoms with Gasteiger partial charge in [0.1, 0.15) is 0 Å². The lowest BCUT2D eigenvalue weighted by Gasteiger charge is -2.34. The molecule has 0 radical (unpaired) electrons. The number of thioether (sulfide) groups is 1. The second-order valence-corrected chi connectivity index (χ2v) is 5.53. The van der Waals surface area contributed by atoms with E-state index >= 15 is 0 Å². The Kier molecular flexibility index (Phi) is 3.10. The minimum absolute atomic E-state index is 0.0159. The molecule has 1 spiro atoms. The van der Waals surface area contributed by atoms with Gasteiger partial charge in [-0.15, -0.1) is 0 Å². The smallest absolute Gasteiger partial charge is 0.170 e. The van der Waals surface area contributed by atoms with Crippen LogP contribution in [0.3, 0.4) is 0 Å². The third-order valence-corrected chi connectivity index (χ3v) is 4.53. The first kappa shape index (κ1) is 10.8. The first-order valence-corrected chi connectivity index (χ1v) is 6.82. The van der Waals surface area contributed by atoms with Crippen molar-refractivity contribution in [3.8, 4) is 0 Å². The Balaban J connectivity index is 2.04. The lowest BCUT2D eigenvalue weighted by atomic mass is 9.99. The third-order valence-electron chi connectivity index (χ3n) is 3.54. The number of hydrogen-bond acceptors (Lipinski definition) is 3. The Bertz CT molecular complexity index is 195. The van der Waals surface area contributed by atoms with Crippen LogP contribution < -0.4 is 0 Å². The van der Waals surface area contributed by atoms with E-state index in [1.165, 1.54) is 11.5 Å². The molecule has 2 aliphatic heterocycles. The molecule has 0 unspecified atom stereocenters. The van der Waals surface area contributed by atoms with Crippen LogP contribution in [-0.4, -0.2) is 29.5 Å². The van der Waals surface area contributed by atoms with E-state index in [1.807, 2.05) is 11.8 Å². The first-order chi connectivity index (χ1) is 6.74. The van der Waals surface area contributed by atoms with Crippen molar-refractivity contribution in [1.82, 2.24) is 0 Å². The zero-order valence-corrected chi connectivity index (χ0v) is 9.99. The molecule has 82 valence electrons. The maximum Gasteiger partial charge on any atom is 0.170 e. The molecular weight excluding hydrogens is 196 g/mol. The van der Waals surface area contributed by atoms with E-state index in [9.17, 15) is 0 Å². The molecule has 2 saturated heterocycles. The van der Waals surface area contributed by atoms with E-state index in [-0.39, 0.29) is 11.4 Å². The van der Waals surface area contributed by atoms with Crippen LogP contribution in [0.15, 0.2) is 0 Å². The molecule has 0 saturated carbocycles. The molecule has 2 nitrogen and oxygen atoms in total. The Labute approximate surface area is 90.7 Å². The predicted octanol–water partition coefficient (Wildman–Crippen LogP) is 2.82. The highest BCUT2D eigenvalue weighted by molar-refractivity contribution is 7.99. The summed E-state index contributed by atoms with van der Waals surface area (Å²) in [7, 11) is 0. The normalized spacial score (nSPS) is 29.6. The summed E-state index contributed by atoms with van der Waals surface area (Å²) in [4.78, 5) is 0. The summed E-state index contributed by atoms with van der Waals surface area (Å²) in [5.41, 5.74) is 0.0159. The molecule has 0 atom stereocenters. The van der Waals surface area contributed by atoms with Gasteiger partial charge >= 0.3 is 0 Å². The van der Waals surface area contributed by atoms with Gasteiger partial charge in [0.25, 0.3) is 0 Å². The van der Waals surface area contributed by atoms with E-state index in [4.69, 9.17) is 9.47 Å². The van der Waals surface area contributed by atoms with Crippen LogP contribution in [-0.2, 0) is 9.47 Å².